The van der Waals surface area contributed by atoms with Crippen molar-refractivity contribution in [3.05, 3.63) is 0 Å². The zero-order valence-corrected chi connectivity index (χ0v) is 7.38. The SMILES string of the molecule is CCCC(F)OC(=O)CCCN. The number of carbonyl (C=O) groups excluding carboxylic acids is 1. The van der Waals surface area contributed by atoms with Crippen LogP contribution in [0.15, 0.2) is 0 Å². The van der Waals surface area contributed by atoms with Gasteiger partial charge in [-0.1, -0.05) is 6.92 Å². The molecule has 0 aromatic rings. The molecular formula is C8H16FNO2. The molecule has 1 unspecified atom stereocenters. The Hall–Kier alpha value is -0.640. The van der Waals surface area contributed by atoms with E-state index in [2.05, 4.69) is 4.74 Å². The second-order valence-electron chi connectivity index (χ2n) is 2.58. The third-order valence-electron chi connectivity index (χ3n) is 1.36. The summed E-state index contributed by atoms with van der Waals surface area (Å²) in [6.45, 7) is 2.26. The zero-order valence-electron chi connectivity index (χ0n) is 7.38. The molecule has 12 heavy (non-hydrogen) atoms. The van der Waals surface area contributed by atoms with E-state index in [1.54, 1.807) is 0 Å². The van der Waals surface area contributed by atoms with Crippen LogP contribution in [0, 0.1) is 0 Å². The van der Waals surface area contributed by atoms with Gasteiger partial charge in [0.05, 0.1) is 0 Å². The number of carbonyl (C=O) groups is 1. The van der Waals surface area contributed by atoms with Gasteiger partial charge in [-0.3, -0.25) is 4.79 Å². The van der Waals surface area contributed by atoms with Crippen LogP contribution in [0.5, 0.6) is 0 Å². The summed E-state index contributed by atoms with van der Waals surface area (Å²) in [5.41, 5.74) is 5.16. The average molecular weight is 177 g/mol. The minimum Gasteiger partial charge on any atom is -0.431 e. The summed E-state index contributed by atoms with van der Waals surface area (Å²) in [4.78, 5) is 10.8. The molecule has 0 aromatic heterocycles. The van der Waals surface area contributed by atoms with Gasteiger partial charge in [0, 0.05) is 12.8 Å². The second-order valence-corrected chi connectivity index (χ2v) is 2.58. The number of hydrogen-bond acceptors (Lipinski definition) is 3. The predicted molar refractivity (Wildman–Crippen MR) is 44.2 cm³/mol. The van der Waals surface area contributed by atoms with E-state index in [9.17, 15) is 9.18 Å². The van der Waals surface area contributed by atoms with Crippen molar-refractivity contribution in [3.8, 4) is 0 Å². The molecule has 0 saturated heterocycles. The minimum atomic E-state index is -1.44. The Kier molecular flexibility index (Phi) is 6.66. The minimum absolute atomic E-state index is 0.209. The molecule has 2 N–H and O–H groups in total. The Labute approximate surface area is 72.1 Å². The average Bonchev–Trinajstić information content (AvgIpc) is 2.01. The van der Waals surface area contributed by atoms with Crippen molar-refractivity contribution in [1.82, 2.24) is 0 Å². The molecule has 1 atom stereocenters. The van der Waals surface area contributed by atoms with Gasteiger partial charge in [-0.15, -0.1) is 0 Å². The molecular weight excluding hydrogens is 161 g/mol. The van der Waals surface area contributed by atoms with E-state index in [-0.39, 0.29) is 12.8 Å². The maximum Gasteiger partial charge on any atom is 0.308 e. The van der Waals surface area contributed by atoms with Crippen molar-refractivity contribution in [2.24, 2.45) is 5.73 Å². The van der Waals surface area contributed by atoms with Crippen molar-refractivity contribution < 1.29 is 13.9 Å². The van der Waals surface area contributed by atoms with Crippen molar-refractivity contribution in [1.29, 1.82) is 0 Å². The third kappa shape index (κ3) is 6.09. The highest BCUT2D eigenvalue weighted by molar-refractivity contribution is 5.69. The predicted octanol–water partition coefficient (Wildman–Crippen LogP) is 1.36. The topological polar surface area (TPSA) is 52.3 Å². The molecule has 0 amide bonds. The molecule has 0 bridgehead atoms. The van der Waals surface area contributed by atoms with Crippen LogP contribution in [-0.4, -0.2) is 18.9 Å². The summed E-state index contributed by atoms with van der Waals surface area (Å²) < 4.78 is 17.0. The van der Waals surface area contributed by atoms with Gasteiger partial charge in [0.25, 0.3) is 0 Å². The Morgan fingerprint density at radius 2 is 2.33 bits per heavy atom. The molecule has 0 rings (SSSR count). The molecule has 4 heteroatoms. The summed E-state index contributed by atoms with van der Waals surface area (Å²) in [6, 6.07) is 0. The first-order valence-electron chi connectivity index (χ1n) is 4.24. The highest BCUT2D eigenvalue weighted by Crippen LogP contribution is 2.05. The van der Waals surface area contributed by atoms with Gasteiger partial charge in [-0.2, -0.15) is 0 Å². The highest BCUT2D eigenvalue weighted by atomic mass is 19.1. The van der Waals surface area contributed by atoms with Crippen LogP contribution in [0.1, 0.15) is 32.6 Å². The number of esters is 1. The number of nitrogens with two attached hydrogens (primary N) is 1. The third-order valence-corrected chi connectivity index (χ3v) is 1.36. The molecule has 0 aliphatic heterocycles. The zero-order chi connectivity index (χ0) is 9.40. The fourth-order valence-electron chi connectivity index (χ4n) is 0.734. The smallest absolute Gasteiger partial charge is 0.308 e. The van der Waals surface area contributed by atoms with Crippen LogP contribution in [-0.2, 0) is 9.53 Å². The van der Waals surface area contributed by atoms with Crippen LogP contribution in [0.3, 0.4) is 0 Å². The quantitative estimate of drug-likeness (QED) is 0.623. The van der Waals surface area contributed by atoms with Crippen LogP contribution in [0.4, 0.5) is 4.39 Å². The first kappa shape index (κ1) is 11.4. The molecule has 0 aliphatic rings. The van der Waals surface area contributed by atoms with Gasteiger partial charge >= 0.3 is 5.97 Å². The first-order valence-corrected chi connectivity index (χ1v) is 4.24. The van der Waals surface area contributed by atoms with E-state index >= 15 is 0 Å². The van der Waals surface area contributed by atoms with Crippen LogP contribution in [0.2, 0.25) is 0 Å². The second kappa shape index (κ2) is 7.03. The lowest BCUT2D eigenvalue weighted by Gasteiger charge is -2.07. The summed E-state index contributed by atoms with van der Waals surface area (Å²) in [5.74, 6) is -0.499. The highest BCUT2D eigenvalue weighted by Gasteiger charge is 2.10. The molecule has 0 aromatic carbocycles. The molecule has 0 aliphatic carbocycles. The summed E-state index contributed by atoms with van der Waals surface area (Å²) in [5, 5.41) is 0. The van der Waals surface area contributed by atoms with Crippen LogP contribution in [0.25, 0.3) is 0 Å². The Morgan fingerprint density at radius 3 is 2.83 bits per heavy atom. The standard InChI is InChI=1S/C8H16FNO2/c1-2-4-7(9)12-8(11)5-3-6-10/h7H,2-6,10H2,1H3. The number of hydrogen-bond donors (Lipinski definition) is 1. The van der Waals surface area contributed by atoms with Crippen LogP contribution >= 0.6 is 0 Å². The molecule has 0 fully saturated rings. The van der Waals surface area contributed by atoms with E-state index in [0.717, 1.165) is 0 Å². The Bertz CT molecular complexity index is 130. The molecule has 0 heterocycles. The maximum atomic E-state index is 12.6. The number of ether oxygens (including phenoxy) is 1. The van der Waals surface area contributed by atoms with Gasteiger partial charge in [-0.25, -0.2) is 4.39 Å². The molecule has 0 radical (unpaired) electrons. The van der Waals surface area contributed by atoms with Gasteiger partial charge in [-0.05, 0) is 19.4 Å². The van der Waals surface area contributed by atoms with E-state index in [4.69, 9.17) is 5.73 Å². The van der Waals surface area contributed by atoms with E-state index in [1.165, 1.54) is 0 Å². The lowest BCUT2D eigenvalue weighted by Crippen LogP contribution is -2.14. The van der Waals surface area contributed by atoms with Crippen molar-refractivity contribution in [3.63, 3.8) is 0 Å². The number of halogens is 1. The number of alkyl halides is 1. The number of rotatable bonds is 6. The van der Waals surface area contributed by atoms with Crippen molar-refractivity contribution in [2.75, 3.05) is 6.54 Å². The molecule has 0 spiro atoms. The van der Waals surface area contributed by atoms with Crippen LogP contribution < -0.4 is 5.73 Å². The molecule has 72 valence electrons. The molecule has 0 saturated carbocycles. The molecule has 3 nitrogen and oxygen atoms in total. The van der Waals surface area contributed by atoms with Crippen molar-refractivity contribution >= 4 is 5.97 Å². The van der Waals surface area contributed by atoms with Gasteiger partial charge in [0.15, 0.2) is 0 Å². The van der Waals surface area contributed by atoms with Gasteiger partial charge in [0.1, 0.15) is 0 Å². The van der Waals surface area contributed by atoms with Gasteiger partial charge in [0.2, 0.25) is 6.36 Å². The van der Waals surface area contributed by atoms with Gasteiger partial charge < -0.3 is 10.5 Å². The lowest BCUT2D eigenvalue weighted by atomic mass is 10.3. The largest absolute Gasteiger partial charge is 0.431 e. The lowest BCUT2D eigenvalue weighted by molar-refractivity contribution is -0.158. The van der Waals surface area contributed by atoms with E-state index in [1.807, 2.05) is 6.92 Å². The summed E-state index contributed by atoms with van der Waals surface area (Å²) in [6.07, 6.45) is 0.262. The first-order chi connectivity index (χ1) is 5.70. The fourth-order valence-corrected chi connectivity index (χ4v) is 0.734. The maximum absolute atomic E-state index is 12.6. The normalized spacial score (nSPS) is 12.6. The van der Waals surface area contributed by atoms with E-state index < -0.39 is 12.3 Å². The monoisotopic (exact) mass is 177 g/mol. The van der Waals surface area contributed by atoms with Crippen molar-refractivity contribution in [2.45, 2.75) is 39.0 Å². The fraction of sp³-hybridized carbons (Fsp3) is 0.875. The summed E-state index contributed by atoms with van der Waals surface area (Å²) in [7, 11) is 0. The summed E-state index contributed by atoms with van der Waals surface area (Å²) >= 11 is 0. The Balaban J connectivity index is 3.40. The Morgan fingerprint density at radius 1 is 1.67 bits per heavy atom. The van der Waals surface area contributed by atoms with E-state index in [0.29, 0.717) is 19.4 Å².